The van der Waals surface area contributed by atoms with Gasteiger partial charge >= 0.3 is 0 Å². The Kier molecular flexibility index (Phi) is 5.40. The third-order valence-electron chi connectivity index (χ3n) is 6.63. The first-order valence-electron chi connectivity index (χ1n) is 11.7. The lowest BCUT2D eigenvalue weighted by Crippen LogP contribution is -2.14. The average Bonchev–Trinajstić information content (AvgIpc) is 3.53. The van der Waals surface area contributed by atoms with Gasteiger partial charge in [-0.05, 0) is 38.0 Å². The molecule has 1 unspecified atom stereocenters. The van der Waals surface area contributed by atoms with E-state index >= 15 is 0 Å². The van der Waals surface area contributed by atoms with Crippen LogP contribution in [0.4, 0.5) is 10.3 Å². The standard InChI is InChI=1S/C25H25FN6O2S/c1-16-17(5-4-9-27-16)20-14-29-25(28-13-19-18-8-11-34-22(18)7-6-21(19)26)32-15-30-24(23(20)32)35(33)12-3-2-10-31-35/h4-7,9,14-15H,2-3,8,10-13H2,1H3,(H,28,29). The van der Waals surface area contributed by atoms with Crippen molar-refractivity contribution in [2.24, 2.45) is 4.36 Å². The Morgan fingerprint density at radius 2 is 2.09 bits per heavy atom. The fourth-order valence-electron chi connectivity index (χ4n) is 4.83. The van der Waals surface area contributed by atoms with Crippen molar-refractivity contribution < 1.29 is 13.3 Å². The summed E-state index contributed by atoms with van der Waals surface area (Å²) in [7, 11) is -2.65. The zero-order chi connectivity index (χ0) is 24.0. The SMILES string of the molecule is Cc1ncccc1-c1cnc(NCc2c(F)ccc3c2CCO3)n2cnc(S3(=O)=NCCCC3)c12. The van der Waals surface area contributed by atoms with Gasteiger partial charge in [0.2, 0.25) is 5.95 Å². The Hall–Kier alpha value is -3.53. The fraction of sp³-hybridized carbons (Fsp3) is 0.320. The van der Waals surface area contributed by atoms with Crippen LogP contribution in [0.25, 0.3) is 16.6 Å². The second kappa shape index (κ2) is 8.60. The molecule has 1 atom stereocenters. The van der Waals surface area contributed by atoms with E-state index in [0.29, 0.717) is 47.4 Å². The lowest BCUT2D eigenvalue weighted by atomic mass is 10.0. The molecule has 6 rings (SSSR count). The third-order valence-corrected chi connectivity index (χ3v) is 8.97. The largest absolute Gasteiger partial charge is 0.493 e. The van der Waals surface area contributed by atoms with Crippen LogP contribution in [0.5, 0.6) is 5.75 Å². The summed E-state index contributed by atoms with van der Waals surface area (Å²) >= 11 is 0. The van der Waals surface area contributed by atoms with Crippen molar-refractivity contribution in [1.29, 1.82) is 0 Å². The molecular weight excluding hydrogens is 467 g/mol. The van der Waals surface area contributed by atoms with Crippen molar-refractivity contribution in [3.8, 4) is 16.9 Å². The third kappa shape index (κ3) is 3.72. The van der Waals surface area contributed by atoms with E-state index in [0.717, 1.165) is 41.0 Å². The normalized spacial score (nSPS) is 19.3. The van der Waals surface area contributed by atoms with Crippen molar-refractivity contribution in [3.05, 3.63) is 65.6 Å². The minimum Gasteiger partial charge on any atom is -0.493 e. The molecule has 35 heavy (non-hydrogen) atoms. The van der Waals surface area contributed by atoms with Gasteiger partial charge < -0.3 is 10.1 Å². The van der Waals surface area contributed by atoms with Crippen LogP contribution in [0.1, 0.15) is 29.7 Å². The second-order valence-electron chi connectivity index (χ2n) is 8.76. The maximum Gasteiger partial charge on any atom is 0.209 e. The summed E-state index contributed by atoms with van der Waals surface area (Å²) in [6.45, 7) is 3.28. The summed E-state index contributed by atoms with van der Waals surface area (Å²) in [6.07, 6.45) is 7.56. The van der Waals surface area contributed by atoms with Gasteiger partial charge in [-0.3, -0.25) is 9.38 Å². The predicted octanol–water partition coefficient (Wildman–Crippen LogP) is 4.41. The first kappa shape index (κ1) is 22.0. The summed E-state index contributed by atoms with van der Waals surface area (Å²) in [5.41, 5.74) is 4.65. The number of imidazole rings is 1. The number of hydrogen-bond acceptors (Lipinski definition) is 7. The quantitative estimate of drug-likeness (QED) is 0.444. The molecule has 0 aliphatic carbocycles. The van der Waals surface area contributed by atoms with Crippen LogP contribution < -0.4 is 10.1 Å². The van der Waals surface area contributed by atoms with Crippen LogP contribution in [0.3, 0.4) is 0 Å². The van der Waals surface area contributed by atoms with Gasteiger partial charge in [0.1, 0.15) is 17.9 Å². The van der Waals surface area contributed by atoms with Crippen LogP contribution >= 0.6 is 0 Å². The molecule has 1 aromatic carbocycles. The van der Waals surface area contributed by atoms with E-state index in [1.54, 1.807) is 29.2 Å². The van der Waals surface area contributed by atoms with E-state index in [2.05, 4.69) is 24.6 Å². The van der Waals surface area contributed by atoms with Gasteiger partial charge in [0.15, 0.2) is 5.03 Å². The molecule has 0 saturated carbocycles. The van der Waals surface area contributed by atoms with Crippen LogP contribution in [0.2, 0.25) is 0 Å². The number of rotatable bonds is 5. The maximum atomic E-state index is 14.7. The number of pyridine rings is 1. The van der Waals surface area contributed by atoms with E-state index in [9.17, 15) is 8.60 Å². The number of nitrogens with one attached hydrogen (secondary N) is 1. The number of hydrogen-bond donors (Lipinski definition) is 1. The number of benzene rings is 1. The number of ether oxygens (including phenoxy) is 1. The zero-order valence-corrected chi connectivity index (χ0v) is 20.1. The number of fused-ring (bicyclic) bond motifs is 2. The topological polar surface area (TPSA) is 93.8 Å². The van der Waals surface area contributed by atoms with Gasteiger partial charge in [0.25, 0.3) is 0 Å². The Morgan fingerprint density at radius 3 is 2.91 bits per heavy atom. The Labute approximate surface area is 202 Å². The molecule has 0 saturated heterocycles. The number of halogens is 1. The molecule has 180 valence electrons. The van der Waals surface area contributed by atoms with Crippen molar-refractivity contribution in [2.75, 3.05) is 24.2 Å². The highest BCUT2D eigenvalue weighted by Gasteiger charge is 2.26. The van der Waals surface area contributed by atoms with Crippen molar-refractivity contribution in [2.45, 2.75) is 37.8 Å². The molecule has 1 N–H and O–H groups in total. The molecule has 0 bridgehead atoms. The van der Waals surface area contributed by atoms with E-state index < -0.39 is 9.73 Å². The van der Waals surface area contributed by atoms with Crippen molar-refractivity contribution >= 4 is 21.2 Å². The molecule has 3 aromatic heterocycles. The summed E-state index contributed by atoms with van der Waals surface area (Å²) in [5, 5.41) is 3.75. The van der Waals surface area contributed by atoms with Gasteiger partial charge in [-0.2, -0.15) is 0 Å². The Morgan fingerprint density at radius 1 is 1.17 bits per heavy atom. The van der Waals surface area contributed by atoms with Crippen molar-refractivity contribution in [1.82, 2.24) is 19.4 Å². The van der Waals surface area contributed by atoms with Crippen LogP contribution in [-0.4, -0.2) is 42.5 Å². The predicted molar refractivity (Wildman–Crippen MR) is 132 cm³/mol. The highest BCUT2D eigenvalue weighted by atomic mass is 32.2. The van der Waals surface area contributed by atoms with Gasteiger partial charge in [-0.15, -0.1) is 0 Å². The molecule has 0 fully saturated rings. The summed E-state index contributed by atoms with van der Waals surface area (Å²) in [4.78, 5) is 13.7. The molecule has 0 spiro atoms. The zero-order valence-electron chi connectivity index (χ0n) is 19.3. The highest BCUT2D eigenvalue weighted by Crippen LogP contribution is 2.34. The Balaban J connectivity index is 1.49. The van der Waals surface area contributed by atoms with Gasteiger partial charge in [-0.25, -0.2) is 22.9 Å². The smallest absolute Gasteiger partial charge is 0.209 e. The first-order valence-corrected chi connectivity index (χ1v) is 13.4. The van der Waals surface area contributed by atoms with Crippen LogP contribution in [0, 0.1) is 12.7 Å². The number of aryl methyl sites for hydroxylation is 1. The summed E-state index contributed by atoms with van der Waals surface area (Å²) < 4.78 is 40.5. The minimum atomic E-state index is -2.65. The fourth-order valence-corrected chi connectivity index (χ4v) is 7.02. The highest BCUT2D eigenvalue weighted by molar-refractivity contribution is 7.93. The number of nitrogens with zero attached hydrogens (tertiary/aromatic N) is 5. The number of anilines is 1. The van der Waals surface area contributed by atoms with Crippen LogP contribution in [0.15, 0.2) is 52.4 Å². The molecule has 4 aromatic rings. The molecule has 10 heteroatoms. The lowest BCUT2D eigenvalue weighted by Gasteiger charge is -2.16. The average molecular weight is 493 g/mol. The van der Waals surface area contributed by atoms with Crippen molar-refractivity contribution in [3.63, 3.8) is 0 Å². The van der Waals surface area contributed by atoms with E-state index in [1.165, 1.54) is 6.07 Å². The van der Waals surface area contributed by atoms with Gasteiger partial charge in [-0.1, -0.05) is 6.07 Å². The lowest BCUT2D eigenvalue weighted by molar-refractivity contribution is 0.356. The molecule has 5 heterocycles. The summed E-state index contributed by atoms with van der Waals surface area (Å²) in [5.74, 6) is 1.41. The number of aromatic nitrogens is 4. The summed E-state index contributed by atoms with van der Waals surface area (Å²) in [6, 6.07) is 6.95. The molecule has 2 aliphatic heterocycles. The molecule has 8 nitrogen and oxygen atoms in total. The maximum absolute atomic E-state index is 14.7. The molecule has 2 aliphatic rings. The van der Waals surface area contributed by atoms with E-state index in [1.807, 2.05) is 19.1 Å². The van der Waals surface area contributed by atoms with E-state index in [4.69, 9.17) is 4.74 Å². The first-order chi connectivity index (χ1) is 17.0. The van der Waals surface area contributed by atoms with Gasteiger partial charge in [0, 0.05) is 65.6 Å². The molecular formula is C25H25FN6O2S. The second-order valence-corrected chi connectivity index (χ2v) is 11.1. The Bertz CT molecular complexity index is 1570. The monoisotopic (exact) mass is 492 g/mol. The molecule has 0 amide bonds. The minimum absolute atomic E-state index is 0.235. The van der Waals surface area contributed by atoms with E-state index in [-0.39, 0.29) is 12.4 Å². The van der Waals surface area contributed by atoms with Crippen LogP contribution in [-0.2, 0) is 22.7 Å². The van der Waals surface area contributed by atoms with Gasteiger partial charge in [0.05, 0.1) is 21.9 Å². The molecule has 0 radical (unpaired) electrons.